The van der Waals surface area contributed by atoms with E-state index in [1.807, 2.05) is 6.92 Å². The summed E-state index contributed by atoms with van der Waals surface area (Å²) in [6, 6.07) is 0. The van der Waals surface area contributed by atoms with E-state index < -0.39 is 12.1 Å². The van der Waals surface area contributed by atoms with Crippen LogP contribution >= 0.6 is 0 Å². The lowest BCUT2D eigenvalue weighted by Gasteiger charge is -2.19. The standard InChI is InChI=1S/C22H32O7/c1-15-7-4-3-5-8-16-13-17(29-21(25)10-6-9-20(24)27-2)14-18(16)19(23)11-12-22(26)28-15/h5,8,11-12,15-19,23H,3-4,6-7,9-10,13-14H2,1-2H3/b8-5+,12-11+/t15-,16+,17-,18+,19+/m0/s1. The molecule has 0 spiro atoms. The molecule has 2 rings (SSSR count). The van der Waals surface area contributed by atoms with Crippen LogP contribution in [-0.4, -0.2) is 48.4 Å². The first-order chi connectivity index (χ1) is 13.9. The molecule has 7 nitrogen and oxygen atoms in total. The first kappa shape index (κ1) is 23.1. The quantitative estimate of drug-likeness (QED) is 0.424. The molecule has 0 unspecified atom stereocenters. The fourth-order valence-electron chi connectivity index (χ4n) is 3.90. The van der Waals surface area contributed by atoms with Gasteiger partial charge in [-0.3, -0.25) is 9.59 Å². The van der Waals surface area contributed by atoms with Crippen molar-refractivity contribution in [3.05, 3.63) is 24.3 Å². The monoisotopic (exact) mass is 408 g/mol. The van der Waals surface area contributed by atoms with Gasteiger partial charge in [0.25, 0.3) is 0 Å². The van der Waals surface area contributed by atoms with Gasteiger partial charge in [0.15, 0.2) is 0 Å². The predicted octanol–water partition coefficient (Wildman–Crippen LogP) is 2.86. The maximum Gasteiger partial charge on any atom is 0.330 e. The number of carbonyl (C=O) groups excluding carboxylic acids is 3. The molecule has 0 radical (unpaired) electrons. The van der Waals surface area contributed by atoms with Gasteiger partial charge in [0.05, 0.1) is 19.3 Å². The minimum atomic E-state index is -0.823. The summed E-state index contributed by atoms with van der Waals surface area (Å²) in [5, 5.41) is 10.6. The SMILES string of the molecule is COC(=O)CCCC(=O)O[C@@H]1C[C@H]2[C@H](O)/C=C/C(=O)O[C@@H](C)CCC/C=C/[C@@H]2C1. The Morgan fingerprint density at radius 2 is 1.97 bits per heavy atom. The molecule has 2 aliphatic rings. The number of rotatable bonds is 5. The van der Waals surface area contributed by atoms with Crippen molar-refractivity contribution in [3.8, 4) is 0 Å². The molecular weight excluding hydrogens is 376 g/mol. The van der Waals surface area contributed by atoms with E-state index in [1.54, 1.807) is 0 Å². The van der Waals surface area contributed by atoms with Crippen molar-refractivity contribution in [2.45, 2.75) is 76.6 Å². The molecule has 1 N–H and O–H groups in total. The third kappa shape index (κ3) is 8.01. The summed E-state index contributed by atoms with van der Waals surface area (Å²) in [4.78, 5) is 35.1. The molecule has 162 valence electrons. The minimum Gasteiger partial charge on any atom is -0.469 e. The van der Waals surface area contributed by atoms with E-state index in [9.17, 15) is 19.5 Å². The molecule has 0 saturated heterocycles. The summed E-state index contributed by atoms with van der Waals surface area (Å²) in [6.07, 6.45) is 10.1. The highest BCUT2D eigenvalue weighted by molar-refractivity contribution is 5.82. The van der Waals surface area contributed by atoms with E-state index in [-0.39, 0.29) is 48.8 Å². The number of aliphatic hydroxyl groups excluding tert-OH is 1. The average molecular weight is 408 g/mol. The summed E-state index contributed by atoms with van der Waals surface area (Å²) in [5.74, 6) is -1.22. The van der Waals surface area contributed by atoms with Crippen LogP contribution in [0.25, 0.3) is 0 Å². The van der Waals surface area contributed by atoms with Gasteiger partial charge in [-0.15, -0.1) is 0 Å². The molecule has 5 atom stereocenters. The molecule has 7 heteroatoms. The lowest BCUT2D eigenvalue weighted by Crippen LogP contribution is -2.22. The van der Waals surface area contributed by atoms with Crippen molar-refractivity contribution >= 4 is 17.9 Å². The zero-order valence-corrected chi connectivity index (χ0v) is 17.2. The van der Waals surface area contributed by atoms with Gasteiger partial charge in [-0.05, 0) is 63.4 Å². The Hall–Kier alpha value is -2.15. The molecule has 1 aliphatic heterocycles. The van der Waals surface area contributed by atoms with Crippen molar-refractivity contribution in [3.63, 3.8) is 0 Å². The fourth-order valence-corrected chi connectivity index (χ4v) is 3.90. The van der Waals surface area contributed by atoms with E-state index in [1.165, 1.54) is 19.3 Å². The molecule has 0 aromatic rings. The van der Waals surface area contributed by atoms with Crippen LogP contribution in [0.5, 0.6) is 0 Å². The summed E-state index contributed by atoms with van der Waals surface area (Å²) in [6.45, 7) is 1.87. The van der Waals surface area contributed by atoms with Crippen molar-refractivity contribution in [1.29, 1.82) is 0 Å². The number of cyclic esters (lactones) is 1. The van der Waals surface area contributed by atoms with Crippen LogP contribution in [0.4, 0.5) is 0 Å². The average Bonchev–Trinajstić information content (AvgIpc) is 3.07. The second-order valence-electron chi connectivity index (χ2n) is 7.80. The molecule has 0 bridgehead atoms. The molecule has 1 aliphatic carbocycles. The highest BCUT2D eigenvalue weighted by Gasteiger charge is 2.38. The van der Waals surface area contributed by atoms with E-state index in [0.29, 0.717) is 19.3 Å². The second kappa shape index (κ2) is 11.8. The van der Waals surface area contributed by atoms with Crippen molar-refractivity contribution in [1.82, 2.24) is 0 Å². The van der Waals surface area contributed by atoms with Gasteiger partial charge in [0.2, 0.25) is 0 Å². The number of ether oxygens (including phenoxy) is 3. The molecule has 1 heterocycles. The molecule has 0 amide bonds. The molecular formula is C22H32O7. The Balaban J connectivity index is 1.95. The Morgan fingerprint density at radius 3 is 2.72 bits per heavy atom. The highest BCUT2D eigenvalue weighted by atomic mass is 16.5. The lowest BCUT2D eigenvalue weighted by atomic mass is 9.90. The maximum absolute atomic E-state index is 12.1. The van der Waals surface area contributed by atoms with Crippen LogP contribution in [0.3, 0.4) is 0 Å². The summed E-state index contributed by atoms with van der Waals surface area (Å²) in [5.41, 5.74) is 0. The minimum absolute atomic E-state index is 0.0664. The van der Waals surface area contributed by atoms with Gasteiger partial charge in [0.1, 0.15) is 6.10 Å². The largest absolute Gasteiger partial charge is 0.469 e. The Kier molecular flexibility index (Phi) is 9.38. The smallest absolute Gasteiger partial charge is 0.330 e. The van der Waals surface area contributed by atoms with E-state index in [0.717, 1.165) is 19.3 Å². The van der Waals surface area contributed by atoms with Crippen LogP contribution < -0.4 is 0 Å². The summed E-state index contributed by atoms with van der Waals surface area (Å²) >= 11 is 0. The zero-order valence-electron chi connectivity index (χ0n) is 17.2. The first-order valence-electron chi connectivity index (χ1n) is 10.4. The number of esters is 3. The van der Waals surface area contributed by atoms with Gasteiger partial charge < -0.3 is 19.3 Å². The van der Waals surface area contributed by atoms with Crippen LogP contribution in [0.2, 0.25) is 0 Å². The van der Waals surface area contributed by atoms with Gasteiger partial charge >= 0.3 is 17.9 Å². The Labute approximate surface area is 172 Å². The number of hydrogen-bond acceptors (Lipinski definition) is 7. The third-order valence-electron chi connectivity index (χ3n) is 5.46. The molecule has 0 aromatic carbocycles. The Morgan fingerprint density at radius 1 is 1.21 bits per heavy atom. The normalized spacial score (nSPS) is 32.5. The van der Waals surface area contributed by atoms with Gasteiger partial charge in [-0.1, -0.05) is 12.2 Å². The number of allylic oxidation sites excluding steroid dienone is 2. The van der Waals surface area contributed by atoms with Crippen LogP contribution in [0.1, 0.15) is 58.3 Å². The van der Waals surface area contributed by atoms with Crippen molar-refractivity contribution < 1.29 is 33.7 Å². The fraction of sp³-hybridized carbons (Fsp3) is 0.682. The van der Waals surface area contributed by atoms with E-state index >= 15 is 0 Å². The zero-order chi connectivity index (χ0) is 21.2. The number of aliphatic hydroxyl groups is 1. The summed E-state index contributed by atoms with van der Waals surface area (Å²) < 4.78 is 15.4. The molecule has 0 aromatic heterocycles. The number of hydrogen-bond donors (Lipinski definition) is 1. The van der Waals surface area contributed by atoms with Gasteiger partial charge in [-0.2, -0.15) is 0 Å². The molecule has 1 fully saturated rings. The predicted molar refractivity (Wildman–Crippen MR) is 106 cm³/mol. The Bertz CT molecular complexity index is 625. The second-order valence-corrected chi connectivity index (χ2v) is 7.80. The number of carbonyl (C=O) groups is 3. The number of methoxy groups -OCH3 is 1. The topological polar surface area (TPSA) is 99.1 Å². The maximum atomic E-state index is 12.1. The van der Waals surface area contributed by atoms with Gasteiger partial charge in [-0.25, -0.2) is 4.79 Å². The molecule has 1 saturated carbocycles. The highest BCUT2D eigenvalue weighted by Crippen LogP contribution is 2.38. The first-order valence-corrected chi connectivity index (χ1v) is 10.4. The number of fused-ring (bicyclic) bond motifs is 1. The third-order valence-corrected chi connectivity index (χ3v) is 5.46. The van der Waals surface area contributed by atoms with Crippen molar-refractivity contribution in [2.75, 3.05) is 7.11 Å². The van der Waals surface area contributed by atoms with Crippen molar-refractivity contribution in [2.24, 2.45) is 11.8 Å². The summed E-state index contributed by atoms with van der Waals surface area (Å²) in [7, 11) is 1.32. The van der Waals surface area contributed by atoms with Crippen LogP contribution in [0.15, 0.2) is 24.3 Å². The van der Waals surface area contributed by atoms with E-state index in [4.69, 9.17) is 9.47 Å². The van der Waals surface area contributed by atoms with E-state index in [2.05, 4.69) is 16.9 Å². The van der Waals surface area contributed by atoms with Gasteiger partial charge in [0, 0.05) is 18.9 Å². The lowest BCUT2D eigenvalue weighted by molar-refractivity contribution is -0.149. The van der Waals surface area contributed by atoms with Crippen LogP contribution in [-0.2, 0) is 28.6 Å². The molecule has 29 heavy (non-hydrogen) atoms. The van der Waals surface area contributed by atoms with Crippen LogP contribution in [0, 0.1) is 11.8 Å².